The minimum atomic E-state index is -3.59. The number of piperidine rings is 1. The number of rotatable bonds is 7. The van der Waals surface area contributed by atoms with E-state index in [4.69, 9.17) is 9.26 Å². The first-order valence-corrected chi connectivity index (χ1v) is 12.6. The zero-order valence-corrected chi connectivity index (χ0v) is 19.8. The van der Waals surface area contributed by atoms with E-state index in [9.17, 15) is 12.8 Å². The van der Waals surface area contributed by atoms with Crippen LogP contribution in [-0.4, -0.2) is 44.5 Å². The summed E-state index contributed by atoms with van der Waals surface area (Å²) in [6.45, 7) is 9.96. The molecule has 0 radical (unpaired) electrons. The second kappa shape index (κ2) is 9.14. The van der Waals surface area contributed by atoms with E-state index in [0.29, 0.717) is 24.3 Å². The van der Waals surface area contributed by atoms with Crippen LogP contribution in [0.15, 0.2) is 21.6 Å². The van der Waals surface area contributed by atoms with Crippen molar-refractivity contribution in [2.45, 2.75) is 63.7 Å². The predicted octanol–water partition coefficient (Wildman–Crippen LogP) is 4.29. The summed E-state index contributed by atoms with van der Waals surface area (Å²) >= 11 is 0. The Hall–Kier alpha value is -2.16. The van der Waals surface area contributed by atoms with Gasteiger partial charge in [0.2, 0.25) is 0 Å². The number of benzene rings is 1. The molecule has 1 aliphatic heterocycles. The van der Waals surface area contributed by atoms with Gasteiger partial charge in [0.25, 0.3) is 0 Å². The van der Waals surface area contributed by atoms with Crippen molar-refractivity contribution >= 4 is 15.9 Å². The van der Waals surface area contributed by atoms with Crippen molar-refractivity contribution in [1.29, 1.82) is 0 Å². The Morgan fingerprint density at radius 3 is 2.52 bits per heavy atom. The highest BCUT2D eigenvalue weighted by molar-refractivity contribution is 7.90. The third-order valence-electron chi connectivity index (χ3n) is 5.69. The highest BCUT2D eigenvalue weighted by Gasteiger charge is 2.26. The molecule has 0 saturated carbocycles. The molecule has 9 heteroatoms. The first-order valence-electron chi connectivity index (χ1n) is 10.7. The first-order chi connectivity index (χ1) is 14.5. The van der Waals surface area contributed by atoms with E-state index in [1.807, 2.05) is 0 Å². The predicted molar refractivity (Wildman–Crippen MR) is 117 cm³/mol. The largest absolute Gasteiger partial charge is 0.493 e. The summed E-state index contributed by atoms with van der Waals surface area (Å²) in [4.78, 5) is 6.39. The standard InChI is InChI=1S/C22H32FN3O4S/c1-15-17(8-9-18(19(15)23)31(5,27)28)29-14-6-7-16-10-12-26(13-11-16)21-24-20(25-30-21)22(2,3)4/h8-9,16H,6-7,10-14H2,1-5H3. The summed E-state index contributed by atoms with van der Waals surface area (Å²) in [7, 11) is -3.59. The third-order valence-corrected chi connectivity index (χ3v) is 6.80. The van der Waals surface area contributed by atoms with E-state index in [1.165, 1.54) is 19.1 Å². The van der Waals surface area contributed by atoms with Crippen molar-refractivity contribution in [3.63, 3.8) is 0 Å². The Morgan fingerprint density at radius 2 is 1.94 bits per heavy atom. The van der Waals surface area contributed by atoms with Gasteiger partial charge in [-0.1, -0.05) is 25.9 Å². The fourth-order valence-corrected chi connectivity index (χ4v) is 4.49. The molecule has 1 aromatic carbocycles. The van der Waals surface area contributed by atoms with Crippen LogP contribution in [0.2, 0.25) is 0 Å². The molecule has 7 nitrogen and oxygen atoms in total. The van der Waals surface area contributed by atoms with Gasteiger partial charge in [0.1, 0.15) is 16.5 Å². The molecule has 1 fully saturated rings. The van der Waals surface area contributed by atoms with Crippen molar-refractivity contribution in [2.24, 2.45) is 5.92 Å². The third kappa shape index (κ3) is 5.75. The highest BCUT2D eigenvalue weighted by atomic mass is 32.2. The van der Waals surface area contributed by atoms with E-state index in [0.717, 1.165) is 50.9 Å². The lowest BCUT2D eigenvalue weighted by molar-refractivity contribution is 0.273. The second-order valence-electron chi connectivity index (χ2n) is 9.34. The number of aromatic nitrogens is 2. The SMILES string of the molecule is Cc1c(OCCCC2CCN(c3nc(C(C)(C)C)no3)CC2)ccc(S(C)(=O)=O)c1F. The van der Waals surface area contributed by atoms with E-state index in [-0.39, 0.29) is 15.9 Å². The first kappa shape index (κ1) is 23.5. The molecule has 2 heterocycles. The number of anilines is 1. The minimum Gasteiger partial charge on any atom is -0.493 e. The molecule has 0 bridgehead atoms. The van der Waals surface area contributed by atoms with Gasteiger partial charge in [-0.25, -0.2) is 12.8 Å². The summed E-state index contributed by atoms with van der Waals surface area (Å²) in [5.74, 6) is 0.974. The Balaban J connectivity index is 1.44. The molecule has 1 aromatic heterocycles. The maximum absolute atomic E-state index is 14.3. The molecule has 31 heavy (non-hydrogen) atoms. The Labute approximate surface area is 183 Å². The summed E-state index contributed by atoms with van der Waals surface area (Å²) in [5.41, 5.74) is 0.0948. The average molecular weight is 454 g/mol. The topological polar surface area (TPSA) is 85.5 Å². The molecule has 0 spiro atoms. The van der Waals surface area contributed by atoms with Crippen molar-refractivity contribution in [1.82, 2.24) is 10.1 Å². The monoisotopic (exact) mass is 453 g/mol. The number of hydrogen-bond donors (Lipinski definition) is 0. The van der Waals surface area contributed by atoms with Crippen LogP contribution >= 0.6 is 0 Å². The number of ether oxygens (including phenoxy) is 1. The fraction of sp³-hybridized carbons (Fsp3) is 0.636. The van der Waals surface area contributed by atoms with Crippen LogP contribution in [0.1, 0.15) is 57.8 Å². The zero-order valence-electron chi connectivity index (χ0n) is 18.9. The lowest BCUT2D eigenvalue weighted by Gasteiger charge is -2.30. The van der Waals surface area contributed by atoms with Crippen LogP contribution in [0.4, 0.5) is 10.4 Å². The van der Waals surface area contributed by atoms with Crippen molar-refractivity contribution in [3.8, 4) is 5.75 Å². The van der Waals surface area contributed by atoms with Gasteiger partial charge in [-0.3, -0.25) is 0 Å². The van der Waals surface area contributed by atoms with E-state index in [2.05, 4.69) is 35.8 Å². The van der Waals surface area contributed by atoms with Gasteiger partial charge < -0.3 is 14.2 Å². The Kier molecular flexibility index (Phi) is 6.93. The molecule has 0 atom stereocenters. The van der Waals surface area contributed by atoms with Crippen LogP contribution < -0.4 is 9.64 Å². The quantitative estimate of drug-likeness (QED) is 0.578. The van der Waals surface area contributed by atoms with Crippen molar-refractivity contribution in [3.05, 3.63) is 29.3 Å². The van der Waals surface area contributed by atoms with E-state index in [1.54, 1.807) is 0 Å². The molecular formula is C22H32FN3O4S. The van der Waals surface area contributed by atoms with Crippen LogP contribution in [0.3, 0.4) is 0 Å². The second-order valence-corrected chi connectivity index (χ2v) is 11.3. The molecule has 1 aliphatic rings. The molecule has 3 rings (SSSR count). The number of nitrogens with zero attached hydrogens (tertiary/aromatic N) is 3. The summed E-state index contributed by atoms with van der Waals surface area (Å²) in [6, 6.07) is 3.40. The van der Waals surface area contributed by atoms with Gasteiger partial charge in [-0.15, -0.1) is 0 Å². The average Bonchev–Trinajstić information content (AvgIpc) is 3.18. The minimum absolute atomic E-state index is 0.132. The molecule has 0 N–H and O–H groups in total. The number of halogens is 1. The molecule has 2 aromatic rings. The maximum atomic E-state index is 14.3. The van der Waals surface area contributed by atoms with Crippen molar-refractivity contribution < 1.29 is 22.1 Å². The van der Waals surface area contributed by atoms with Crippen LogP contribution in [0.25, 0.3) is 0 Å². The van der Waals surface area contributed by atoms with Crippen LogP contribution in [0.5, 0.6) is 5.75 Å². The zero-order chi connectivity index (χ0) is 22.8. The van der Waals surface area contributed by atoms with Gasteiger partial charge in [-0.2, -0.15) is 4.98 Å². The molecule has 0 amide bonds. The van der Waals surface area contributed by atoms with Gasteiger partial charge in [-0.05, 0) is 50.7 Å². The van der Waals surface area contributed by atoms with Gasteiger partial charge in [0.05, 0.1) is 6.61 Å². The number of hydrogen-bond acceptors (Lipinski definition) is 7. The lowest BCUT2D eigenvalue weighted by atomic mass is 9.92. The van der Waals surface area contributed by atoms with Gasteiger partial charge >= 0.3 is 6.01 Å². The summed E-state index contributed by atoms with van der Waals surface area (Å²) in [5, 5.41) is 4.10. The molecule has 0 unspecified atom stereocenters. The Bertz CT molecular complexity index is 1010. The van der Waals surface area contributed by atoms with Gasteiger partial charge in [0.15, 0.2) is 15.7 Å². The highest BCUT2D eigenvalue weighted by Crippen LogP contribution is 2.29. The van der Waals surface area contributed by atoms with E-state index >= 15 is 0 Å². The summed E-state index contributed by atoms with van der Waals surface area (Å²) < 4.78 is 48.7. The van der Waals surface area contributed by atoms with Crippen LogP contribution in [-0.2, 0) is 15.3 Å². The molecular weight excluding hydrogens is 421 g/mol. The molecule has 172 valence electrons. The summed E-state index contributed by atoms with van der Waals surface area (Å²) in [6.07, 6.45) is 4.97. The maximum Gasteiger partial charge on any atom is 0.324 e. The van der Waals surface area contributed by atoms with Crippen molar-refractivity contribution in [2.75, 3.05) is 30.9 Å². The normalized spacial score (nSPS) is 16.0. The molecule has 0 aliphatic carbocycles. The van der Waals surface area contributed by atoms with E-state index < -0.39 is 15.7 Å². The number of sulfone groups is 1. The Morgan fingerprint density at radius 1 is 1.26 bits per heavy atom. The van der Waals surface area contributed by atoms with Crippen LogP contribution in [0, 0.1) is 18.7 Å². The molecule has 1 saturated heterocycles. The smallest absolute Gasteiger partial charge is 0.324 e. The van der Waals surface area contributed by atoms with Gasteiger partial charge in [0, 0.05) is 30.3 Å². The lowest BCUT2D eigenvalue weighted by Crippen LogP contribution is -2.34. The fourth-order valence-electron chi connectivity index (χ4n) is 3.70.